The van der Waals surface area contributed by atoms with Gasteiger partial charge < -0.3 is 10.8 Å². The van der Waals surface area contributed by atoms with Crippen molar-refractivity contribution in [3.05, 3.63) is 23.5 Å². The first-order valence-electron chi connectivity index (χ1n) is 4.38. The standard InChI is InChI=1S/C9H13N3O3/c1-6-2-3-8(13)7(12-6)4-11-15-5-9(10)14/h2-3,11,13H,4-5H2,1H3,(H2,10,14). The van der Waals surface area contributed by atoms with E-state index in [-0.39, 0.29) is 18.9 Å². The van der Waals surface area contributed by atoms with Gasteiger partial charge in [-0.25, -0.2) is 0 Å². The van der Waals surface area contributed by atoms with Crippen molar-refractivity contribution >= 4 is 5.91 Å². The van der Waals surface area contributed by atoms with Crippen LogP contribution in [0.1, 0.15) is 11.4 Å². The molecule has 0 aliphatic rings. The molecule has 0 saturated carbocycles. The summed E-state index contributed by atoms with van der Waals surface area (Å²) in [4.78, 5) is 19.1. The van der Waals surface area contributed by atoms with E-state index in [9.17, 15) is 9.90 Å². The van der Waals surface area contributed by atoms with Crippen molar-refractivity contribution in [3.8, 4) is 5.75 Å². The lowest BCUT2D eigenvalue weighted by Crippen LogP contribution is -2.24. The number of nitrogens with one attached hydrogen (secondary N) is 1. The summed E-state index contributed by atoms with van der Waals surface area (Å²) >= 11 is 0. The summed E-state index contributed by atoms with van der Waals surface area (Å²) in [5.41, 5.74) is 8.58. The number of hydroxylamine groups is 1. The number of aryl methyl sites for hydroxylation is 1. The van der Waals surface area contributed by atoms with Gasteiger partial charge in [-0.2, -0.15) is 5.48 Å². The molecule has 4 N–H and O–H groups in total. The van der Waals surface area contributed by atoms with Crippen LogP contribution in [0.4, 0.5) is 0 Å². The van der Waals surface area contributed by atoms with Crippen LogP contribution in [-0.2, 0) is 16.2 Å². The van der Waals surface area contributed by atoms with Gasteiger partial charge in [0.05, 0.1) is 12.2 Å². The van der Waals surface area contributed by atoms with Crippen molar-refractivity contribution in [1.29, 1.82) is 0 Å². The minimum absolute atomic E-state index is 0.0794. The van der Waals surface area contributed by atoms with Crippen LogP contribution in [0.2, 0.25) is 0 Å². The minimum Gasteiger partial charge on any atom is -0.506 e. The molecule has 82 valence electrons. The molecular formula is C9H13N3O3. The second kappa shape index (κ2) is 5.28. The Morgan fingerprint density at radius 1 is 1.67 bits per heavy atom. The van der Waals surface area contributed by atoms with Crippen LogP contribution in [0, 0.1) is 6.92 Å². The molecule has 0 aromatic carbocycles. The van der Waals surface area contributed by atoms with Crippen molar-refractivity contribution in [3.63, 3.8) is 0 Å². The fraction of sp³-hybridized carbons (Fsp3) is 0.333. The molecule has 0 spiro atoms. The molecule has 1 aromatic rings. The second-order valence-electron chi connectivity index (χ2n) is 2.99. The molecular weight excluding hydrogens is 198 g/mol. The maximum atomic E-state index is 10.3. The van der Waals surface area contributed by atoms with Gasteiger partial charge in [-0.1, -0.05) is 0 Å². The SMILES string of the molecule is Cc1ccc(O)c(CNOCC(N)=O)n1. The number of nitrogens with zero attached hydrogens (tertiary/aromatic N) is 1. The van der Waals surface area contributed by atoms with E-state index in [1.165, 1.54) is 0 Å². The monoisotopic (exact) mass is 211 g/mol. The molecule has 15 heavy (non-hydrogen) atoms. The highest BCUT2D eigenvalue weighted by molar-refractivity contribution is 5.74. The molecule has 6 heteroatoms. The van der Waals surface area contributed by atoms with E-state index < -0.39 is 5.91 Å². The number of aromatic nitrogens is 1. The van der Waals surface area contributed by atoms with Crippen molar-refractivity contribution in [1.82, 2.24) is 10.5 Å². The first-order chi connectivity index (χ1) is 7.09. The van der Waals surface area contributed by atoms with Gasteiger partial charge in [0, 0.05) is 5.69 Å². The summed E-state index contributed by atoms with van der Waals surface area (Å²) in [6.07, 6.45) is 0. The number of carbonyl (C=O) groups is 1. The zero-order valence-electron chi connectivity index (χ0n) is 8.36. The largest absolute Gasteiger partial charge is 0.506 e. The lowest BCUT2D eigenvalue weighted by molar-refractivity contribution is -0.125. The summed E-state index contributed by atoms with van der Waals surface area (Å²) in [6.45, 7) is 1.81. The average molecular weight is 211 g/mol. The summed E-state index contributed by atoms with van der Waals surface area (Å²) in [7, 11) is 0. The normalized spacial score (nSPS) is 10.2. The van der Waals surface area contributed by atoms with E-state index in [2.05, 4.69) is 10.5 Å². The number of aromatic hydroxyl groups is 1. The van der Waals surface area contributed by atoms with Gasteiger partial charge >= 0.3 is 0 Å². The number of hydrogen-bond donors (Lipinski definition) is 3. The van der Waals surface area contributed by atoms with Crippen LogP contribution in [0.15, 0.2) is 12.1 Å². The average Bonchev–Trinajstić information content (AvgIpc) is 2.17. The highest BCUT2D eigenvalue weighted by atomic mass is 16.6. The fourth-order valence-electron chi connectivity index (χ4n) is 0.975. The van der Waals surface area contributed by atoms with Crippen LogP contribution in [0.5, 0.6) is 5.75 Å². The van der Waals surface area contributed by atoms with Crippen molar-refractivity contribution in [2.75, 3.05) is 6.61 Å². The molecule has 1 amide bonds. The first-order valence-corrected chi connectivity index (χ1v) is 4.38. The summed E-state index contributed by atoms with van der Waals surface area (Å²) in [5.74, 6) is -0.486. The van der Waals surface area contributed by atoms with E-state index in [0.717, 1.165) is 5.69 Å². The lowest BCUT2D eigenvalue weighted by atomic mass is 10.3. The molecule has 0 aliphatic carbocycles. The van der Waals surface area contributed by atoms with E-state index in [1.807, 2.05) is 6.92 Å². The maximum absolute atomic E-state index is 10.3. The van der Waals surface area contributed by atoms with E-state index in [1.54, 1.807) is 12.1 Å². The summed E-state index contributed by atoms with van der Waals surface area (Å²) in [6, 6.07) is 3.25. The third-order valence-electron chi connectivity index (χ3n) is 1.65. The van der Waals surface area contributed by atoms with Crippen molar-refractivity contribution in [2.45, 2.75) is 13.5 Å². The Bertz CT molecular complexity index is 354. The minimum atomic E-state index is -0.566. The molecule has 1 heterocycles. The predicted molar refractivity (Wildman–Crippen MR) is 52.6 cm³/mol. The Hall–Kier alpha value is -1.66. The van der Waals surface area contributed by atoms with Gasteiger partial charge in [0.1, 0.15) is 12.4 Å². The molecule has 1 rings (SSSR count). The van der Waals surface area contributed by atoms with Gasteiger partial charge in [0.25, 0.3) is 0 Å². The van der Waals surface area contributed by atoms with Gasteiger partial charge in [-0.05, 0) is 19.1 Å². The van der Waals surface area contributed by atoms with Crippen LogP contribution >= 0.6 is 0 Å². The number of amides is 1. The second-order valence-corrected chi connectivity index (χ2v) is 2.99. The summed E-state index contributed by atoms with van der Waals surface area (Å²) in [5, 5.41) is 9.39. The maximum Gasteiger partial charge on any atom is 0.245 e. The topological polar surface area (TPSA) is 97.5 Å². The Morgan fingerprint density at radius 2 is 2.40 bits per heavy atom. The van der Waals surface area contributed by atoms with Gasteiger partial charge in [-0.3, -0.25) is 14.6 Å². The van der Waals surface area contributed by atoms with E-state index in [0.29, 0.717) is 5.69 Å². The Kier molecular flexibility index (Phi) is 4.02. The van der Waals surface area contributed by atoms with Gasteiger partial charge in [0.2, 0.25) is 5.91 Å². The number of pyridine rings is 1. The van der Waals surface area contributed by atoms with Crippen LogP contribution in [0.3, 0.4) is 0 Å². The third-order valence-corrected chi connectivity index (χ3v) is 1.65. The van der Waals surface area contributed by atoms with Crippen molar-refractivity contribution < 1.29 is 14.7 Å². The molecule has 0 unspecified atom stereocenters. The Morgan fingerprint density at radius 3 is 3.07 bits per heavy atom. The number of hydrogen-bond acceptors (Lipinski definition) is 5. The first kappa shape index (κ1) is 11.4. The van der Waals surface area contributed by atoms with E-state index >= 15 is 0 Å². The predicted octanol–water partition coefficient (Wildman–Crippen LogP) is -0.398. The van der Waals surface area contributed by atoms with E-state index in [4.69, 9.17) is 10.6 Å². The van der Waals surface area contributed by atoms with Gasteiger partial charge in [0.15, 0.2) is 0 Å². The smallest absolute Gasteiger partial charge is 0.245 e. The lowest BCUT2D eigenvalue weighted by Gasteiger charge is -2.06. The van der Waals surface area contributed by atoms with Crippen molar-refractivity contribution in [2.24, 2.45) is 5.73 Å². The molecule has 6 nitrogen and oxygen atoms in total. The molecule has 1 aromatic heterocycles. The number of carbonyl (C=O) groups excluding carboxylic acids is 1. The molecule has 0 atom stereocenters. The summed E-state index contributed by atoms with van der Waals surface area (Å²) < 4.78 is 0. The van der Waals surface area contributed by atoms with Crippen LogP contribution in [0.25, 0.3) is 0 Å². The molecule has 0 fully saturated rings. The fourth-order valence-corrected chi connectivity index (χ4v) is 0.975. The van der Waals surface area contributed by atoms with Crippen LogP contribution in [-0.4, -0.2) is 22.6 Å². The van der Waals surface area contributed by atoms with Crippen LogP contribution < -0.4 is 11.2 Å². The number of nitrogens with two attached hydrogens (primary N) is 1. The number of rotatable bonds is 5. The highest BCUT2D eigenvalue weighted by Gasteiger charge is 2.02. The number of primary amides is 1. The molecule has 0 saturated heterocycles. The quantitative estimate of drug-likeness (QED) is 0.455. The molecule has 0 aliphatic heterocycles. The zero-order valence-corrected chi connectivity index (χ0v) is 8.36. The molecule has 0 bridgehead atoms. The molecule has 0 radical (unpaired) electrons. The third kappa shape index (κ3) is 3.92. The van der Waals surface area contributed by atoms with Gasteiger partial charge in [-0.15, -0.1) is 0 Å². The Balaban J connectivity index is 2.43. The Labute approximate surface area is 87.0 Å². The zero-order chi connectivity index (χ0) is 11.3. The highest BCUT2D eigenvalue weighted by Crippen LogP contribution is 2.13.